The van der Waals surface area contributed by atoms with E-state index in [-0.39, 0.29) is 10.6 Å². The number of rotatable bonds is 1. The first-order valence-corrected chi connectivity index (χ1v) is 7.41. The number of hydrogen-bond donors (Lipinski definition) is 1. The molecular weight excluding hydrogens is 293 g/mol. The molecule has 21 heavy (non-hydrogen) atoms. The Balaban J connectivity index is 2.33. The van der Waals surface area contributed by atoms with Crippen LogP contribution in [0.2, 0.25) is 5.02 Å². The third-order valence-corrected chi connectivity index (χ3v) is 5.19. The predicted octanol–water partition coefficient (Wildman–Crippen LogP) is 3.41. The molecule has 0 radical (unpaired) electrons. The van der Waals surface area contributed by atoms with E-state index in [1.807, 2.05) is 13.8 Å². The lowest BCUT2D eigenvalue weighted by atomic mass is 9.71. The van der Waals surface area contributed by atoms with Crippen LogP contribution in [0.1, 0.15) is 43.1 Å². The molecule has 1 aliphatic rings. The van der Waals surface area contributed by atoms with E-state index >= 15 is 0 Å². The van der Waals surface area contributed by atoms with E-state index in [0.29, 0.717) is 25.1 Å². The summed E-state index contributed by atoms with van der Waals surface area (Å²) in [5.74, 6) is -1.02. The van der Waals surface area contributed by atoms with E-state index in [1.165, 1.54) is 6.07 Å². The number of aryl methyl sites for hydroxylation is 1. The first-order valence-electron chi connectivity index (χ1n) is 7.03. The molecule has 1 N–H and O–H groups in total. The molecule has 1 atom stereocenters. The Morgan fingerprint density at radius 2 is 2.00 bits per heavy atom. The van der Waals surface area contributed by atoms with E-state index in [0.717, 1.165) is 0 Å². The third-order valence-electron chi connectivity index (χ3n) is 4.70. The van der Waals surface area contributed by atoms with Crippen LogP contribution < -0.4 is 0 Å². The molecule has 5 heteroatoms. The minimum absolute atomic E-state index is 0.0750. The average Bonchev–Trinajstić information content (AvgIpc) is 2.37. The zero-order valence-electron chi connectivity index (χ0n) is 12.8. The highest BCUT2D eigenvalue weighted by molar-refractivity contribution is 6.34. The number of likely N-dealkylation sites (tertiary alicyclic amines) is 1. The Kier molecular flexibility index (Phi) is 4.06. The van der Waals surface area contributed by atoms with Crippen LogP contribution in [0.4, 0.5) is 4.39 Å². The molecule has 0 bridgehead atoms. The Morgan fingerprint density at radius 3 is 2.57 bits per heavy atom. The summed E-state index contributed by atoms with van der Waals surface area (Å²) < 4.78 is 14.0. The molecule has 1 fully saturated rings. The fraction of sp³-hybridized carbons (Fsp3) is 0.562. The number of carbonyl (C=O) groups is 1. The van der Waals surface area contributed by atoms with Gasteiger partial charge in [-0.05, 0) is 31.9 Å². The van der Waals surface area contributed by atoms with Crippen molar-refractivity contribution < 1.29 is 14.3 Å². The van der Waals surface area contributed by atoms with Gasteiger partial charge >= 0.3 is 0 Å². The second-order valence-corrected chi connectivity index (χ2v) is 7.07. The number of nitrogens with zero attached hydrogens (tertiary/aromatic N) is 1. The van der Waals surface area contributed by atoms with Gasteiger partial charge < -0.3 is 10.0 Å². The molecule has 1 aliphatic heterocycles. The molecule has 0 aromatic heterocycles. The van der Waals surface area contributed by atoms with Crippen LogP contribution in [-0.4, -0.2) is 34.6 Å². The number of carbonyl (C=O) groups excluding carboxylic acids is 1. The van der Waals surface area contributed by atoms with Crippen molar-refractivity contribution in [1.29, 1.82) is 0 Å². The second-order valence-electron chi connectivity index (χ2n) is 6.69. The summed E-state index contributed by atoms with van der Waals surface area (Å²) in [7, 11) is 0. The van der Waals surface area contributed by atoms with Crippen molar-refractivity contribution in [2.45, 2.75) is 39.7 Å². The monoisotopic (exact) mass is 313 g/mol. The van der Waals surface area contributed by atoms with Crippen molar-refractivity contribution >= 4 is 17.5 Å². The Morgan fingerprint density at radius 1 is 1.38 bits per heavy atom. The lowest BCUT2D eigenvalue weighted by Gasteiger charge is -2.48. The first kappa shape index (κ1) is 16.2. The molecule has 0 aliphatic carbocycles. The second kappa shape index (κ2) is 5.25. The minimum atomic E-state index is -0.848. The van der Waals surface area contributed by atoms with Gasteiger partial charge in [-0.3, -0.25) is 4.79 Å². The fourth-order valence-electron chi connectivity index (χ4n) is 2.60. The third kappa shape index (κ3) is 2.79. The van der Waals surface area contributed by atoms with E-state index in [2.05, 4.69) is 0 Å². The van der Waals surface area contributed by atoms with Gasteiger partial charge in [0.15, 0.2) is 0 Å². The topological polar surface area (TPSA) is 40.5 Å². The van der Waals surface area contributed by atoms with Gasteiger partial charge in [-0.1, -0.05) is 31.5 Å². The summed E-state index contributed by atoms with van der Waals surface area (Å²) in [6, 6.07) is 2.82. The van der Waals surface area contributed by atoms with Crippen molar-refractivity contribution in [3.8, 4) is 0 Å². The van der Waals surface area contributed by atoms with Gasteiger partial charge in [-0.2, -0.15) is 0 Å². The average molecular weight is 314 g/mol. The summed E-state index contributed by atoms with van der Waals surface area (Å²) >= 11 is 6.10. The van der Waals surface area contributed by atoms with Gasteiger partial charge in [0.2, 0.25) is 0 Å². The van der Waals surface area contributed by atoms with Gasteiger partial charge in [-0.15, -0.1) is 0 Å². The van der Waals surface area contributed by atoms with Crippen LogP contribution in [0.5, 0.6) is 0 Å². The maximum Gasteiger partial charge on any atom is 0.258 e. The van der Waals surface area contributed by atoms with Crippen molar-refractivity contribution in [2.24, 2.45) is 5.41 Å². The van der Waals surface area contributed by atoms with Gasteiger partial charge in [0.25, 0.3) is 5.91 Å². The Labute approximate surface area is 129 Å². The van der Waals surface area contributed by atoms with Crippen molar-refractivity contribution in [3.05, 3.63) is 34.1 Å². The number of hydrogen-bond acceptors (Lipinski definition) is 2. The van der Waals surface area contributed by atoms with E-state index in [4.69, 9.17) is 11.6 Å². The molecule has 3 nitrogen and oxygen atoms in total. The summed E-state index contributed by atoms with van der Waals surface area (Å²) in [4.78, 5) is 14.2. The van der Waals surface area contributed by atoms with Crippen molar-refractivity contribution in [2.75, 3.05) is 13.1 Å². The van der Waals surface area contributed by atoms with Gasteiger partial charge in [0, 0.05) is 18.5 Å². The molecule has 2 rings (SSSR count). The Bertz CT molecular complexity index is 584. The number of benzene rings is 1. The zero-order valence-corrected chi connectivity index (χ0v) is 13.6. The highest BCUT2D eigenvalue weighted by atomic mass is 35.5. The largest absolute Gasteiger partial charge is 0.389 e. The lowest BCUT2D eigenvalue weighted by molar-refractivity contribution is -0.0971. The SMILES string of the molecule is Cc1ccc(F)c(C(=O)N2CC[C@](C)(O)C(C)(C)C2)c1Cl. The maximum absolute atomic E-state index is 14.0. The number of piperidine rings is 1. The smallest absolute Gasteiger partial charge is 0.258 e. The summed E-state index contributed by atoms with van der Waals surface area (Å²) in [5.41, 5.74) is -0.717. The number of amides is 1. The van der Waals surface area contributed by atoms with Gasteiger partial charge in [0.05, 0.1) is 16.2 Å². The molecule has 116 valence electrons. The van der Waals surface area contributed by atoms with Crippen LogP contribution in [-0.2, 0) is 0 Å². The normalized spacial score (nSPS) is 25.0. The Hall–Kier alpha value is -1.13. The summed E-state index contributed by atoms with van der Waals surface area (Å²) in [5, 5.41) is 10.5. The molecule has 1 aromatic carbocycles. The standard InChI is InChI=1S/C16H21ClFNO2/c1-10-5-6-11(18)12(13(10)17)14(20)19-8-7-16(4,21)15(2,3)9-19/h5-6,21H,7-9H2,1-4H3/t16-/m0/s1. The quantitative estimate of drug-likeness (QED) is 0.863. The molecular formula is C16H21ClFNO2. The molecule has 0 saturated carbocycles. The molecule has 0 spiro atoms. The van der Waals surface area contributed by atoms with Crippen molar-refractivity contribution in [3.63, 3.8) is 0 Å². The molecule has 1 amide bonds. The highest BCUT2D eigenvalue weighted by Crippen LogP contribution is 2.39. The lowest BCUT2D eigenvalue weighted by Crippen LogP contribution is -2.57. The van der Waals surface area contributed by atoms with E-state index < -0.39 is 22.7 Å². The predicted molar refractivity (Wildman–Crippen MR) is 81.1 cm³/mol. The number of halogens is 2. The highest BCUT2D eigenvalue weighted by Gasteiger charge is 2.45. The number of aliphatic hydroxyl groups is 1. The molecule has 1 aromatic rings. The van der Waals surface area contributed by atoms with E-state index in [9.17, 15) is 14.3 Å². The van der Waals surface area contributed by atoms with Crippen LogP contribution >= 0.6 is 11.6 Å². The molecule has 1 heterocycles. The summed E-state index contributed by atoms with van der Waals surface area (Å²) in [6.45, 7) is 8.07. The minimum Gasteiger partial charge on any atom is -0.389 e. The van der Waals surface area contributed by atoms with Gasteiger partial charge in [-0.25, -0.2) is 4.39 Å². The van der Waals surface area contributed by atoms with Crippen LogP contribution in [0.3, 0.4) is 0 Å². The van der Waals surface area contributed by atoms with Crippen LogP contribution in [0.25, 0.3) is 0 Å². The van der Waals surface area contributed by atoms with Crippen molar-refractivity contribution in [1.82, 2.24) is 4.90 Å². The summed E-state index contributed by atoms with van der Waals surface area (Å²) in [6.07, 6.45) is 0.455. The molecule has 1 saturated heterocycles. The van der Waals surface area contributed by atoms with Crippen LogP contribution in [0, 0.1) is 18.2 Å². The maximum atomic E-state index is 14.0. The van der Waals surface area contributed by atoms with Gasteiger partial charge in [0.1, 0.15) is 5.82 Å². The zero-order chi connectivity index (χ0) is 16.0. The molecule has 0 unspecified atom stereocenters. The fourth-order valence-corrected chi connectivity index (χ4v) is 2.84. The first-order chi connectivity index (χ1) is 9.57. The van der Waals surface area contributed by atoms with Crippen LogP contribution in [0.15, 0.2) is 12.1 Å². The van der Waals surface area contributed by atoms with E-state index in [1.54, 1.807) is 24.8 Å².